The molecule has 0 amide bonds. The molecular formula is C14H38N4OS2. The van der Waals surface area contributed by atoms with Crippen LogP contribution in [0, 0.1) is 0 Å². The zero-order valence-electron chi connectivity index (χ0n) is 14.9. The van der Waals surface area contributed by atoms with Crippen LogP contribution in [-0.2, 0) is 3.63 Å². The van der Waals surface area contributed by atoms with E-state index in [-0.39, 0.29) is 0 Å². The first-order valence-electron chi connectivity index (χ1n) is 7.66. The van der Waals surface area contributed by atoms with Gasteiger partial charge in [-0.2, -0.15) is 0 Å². The van der Waals surface area contributed by atoms with Crippen LogP contribution in [0.25, 0.3) is 0 Å². The standard InChI is InChI=1S/C14H38N4OS2/c1-15-9-7-11-17-13-20(3,4)19-21(5,6)14-18-12-8-10-16-2/h15-18H,7-14H2,1-6H3. The highest BCUT2D eigenvalue weighted by Crippen LogP contribution is 2.56. The molecule has 0 aromatic rings. The zero-order chi connectivity index (χ0) is 16.2. The second-order valence-corrected chi connectivity index (χ2v) is 13.0. The molecule has 0 fully saturated rings. The van der Waals surface area contributed by atoms with Crippen LogP contribution < -0.4 is 21.3 Å². The lowest BCUT2D eigenvalue weighted by atomic mass is 10.4. The van der Waals surface area contributed by atoms with Crippen LogP contribution in [0.4, 0.5) is 0 Å². The normalized spacial score (nSPS) is 14.4. The van der Waals surface area contributed by atoms with E-state index in [4.69, 9.17) is 3.63 Å². The lowest BCUT2D eigenvalue weighted by Gasteiger charge is -2.42. The van der Waals surface area contributed by atoms with Crippen LogP contribution in [0.2, 0.25) is 0 Å². The van der Waals surface area contributed by atoms with Crippen molar-refractivity contribution in [3.8, 4) is 0 Å². The Kier molecular flexibility index (Phi) is 12.3. The molecular weight excluding hydrogens is 304 g/mol. The van der Waals surface area contributed by atoms with Crippen LogP contribution in [0.1, 0.15) is 12.8 Å². The average Bonchev–Trinajstić information content (AvgIpc) is 2.36. The van der Waals surface area contributed by atoms with Gasteiger partial charge in [-0.15, -0.1) is 20.6 Å². The molecule has 0 radical (unpaired) electrons. The summed E-state index contributed by atoms with van der Waals surface area (Å²) in [6, 6.07) is 0. The van der Waals surface area contributed by atoms with Gasteiger partial charge in [0.1, 0.15) is 0 Å². The molecule has 0 saturated heterocycles. The summed E-state index contributed by atoms with van der Waals surface area (Å²) in [7, 11) is 1.95. The van der Waals surface area contributed by atoms with Gasteiger partial charge in [-0.25, -0.2) is 0 Å². The van der Waals surface area contributed by atoms with Crippen molar-refractivity contribution in [3.63, 3.8) is 0 Å². The minimum Gasteiger partial charge on any atom is -0.320 e. The molecule has 4 N–H and O–H groups in total. The number of rotatable bonds is 14. The Bertz CT molecular complexity index is 229. The van der Waals surface area contributed by atoms with Gasteiger partial charge in [-0.3, -0.25) is 3.63 Å². The molecule has 0 atom stereocenters. The zero-order valence-corrected chi connectivity index (χ0v) is 16.5. The van der Waals surface area contributed by atoms with E-state index in [2.05, 4.69) is 46.3 Å². The predicted octanol–water partition coefficient (Wildman–Crippen LogP) is 1.27. The third-order valence-corrected chi connectivity index (χ3v) is 7.57. The number of nitrogens with one attached hydrogen (secondary N) is 4. The maximum Gasteiger partial charge on any atom is 0.0480 e. The van der Waals surface area contributed by atoms with Crippen LogP contribution >= 0.6 is 20.6 Å². The van der Waals surface area contributed by atoms with Crippen molar-refractivity contribution in [2.24, 2.45) is 0 Å². The van der Waals surface area contributed by atoms with Crippen LogP contribution in [-0.4, -0.2) is 77.1 Å². The van der Waals surface area contributed by atoms with Gasteiger partial charge in [0.2, 0.25) is 0 Å². The van der Waals surface area contributed by atoms with Crippen LogP contribution in [0.15, 0.2) is 0 Å². The topological polar surface area (TPSA) is 57.4 Å². The molecule has 5 nitrogen and oxygen atoms in total. The molecule has 0 spiro atoms. The molecule has 0 aliphatic heterocycles. The monoisotopic (exact) mass is 342 g/mol. The Hall–Kier alpha value is 0.500. The summed E-state index contributed by atoms with van der Waals surface area (Å²) >= 11 is 0. The minimum absolute atomic E-state index is 0.979. The van der Waals surface area contributed by atoms with E-state index in [1.807, 2.05) is 14.1 Å². The summed E-state index contributed by atoms with van der Waals surface area (Å²) in [5, 5.41) is 13.4. The molecule has 0 bridgehead atoms. The lowest BCUT2D eigenvalue weighted by Crippen LogP contribution is -2.28. The van der Waals surface area contributed by atoms with Crippen molar-refractivity contribution >= 4 is 20.6 Å². The molecule has 21 heavy (non-hydrogen) atoms. The molecule has 0 saturated carbocycles. The predicted molar refractivity (Wildman–Crippen MR) is 103 cm³/mol. The Morgan fingerprint density at radius 2 is 1.05 bits per heavy atom. The summed E-state index contributed by atoms with van der Waals surface area (Å²) < 4.78 is 6.45. The molecule has 0 heterocycles. The third kappa shape index (κ3) is 13.9. The Morgan fingerprint density at radius 3 is 1.38 bits per heavy atom. The first-order valence-corrected chi connectivity index (χ1v) is 12.8. The smallest absolute Gasteiger partial charge is 0.0480 e. The SMILES string of the molecule is CNCCCNCS(C)(C)OS(C)(C)CNCCCNC. The Balaban J connectivity index is 3.87. The van der Waals surface area contributed by atoms with E-state index in [0.717, 1.165) is 50.8 Å². The van der Waals surface area contributed by atoms with Crippen molar-refractivity contribution in [1.29, 1.82) is 0 Å². The summed E-state index contributed by atoms with van der Waals surface area (Å²) in [4.78, 5) is 0. The lowest BCUT2D eigenvalue weighted by molar-refractivity contribution is 0.633. The van der Waals surface area contributed by atoms with Crippen molar-refractivity contribution in [2.75, 3.05) is 77.1 Å². The van der Waals surface area contributed by atoms with Crippen molar-refractivity contribution in [2.45, 2.75) is 12.8 Å². The fourth-order valence-corrected chi connectivity index (χ4v) is 7.61. The highest BCUT2D eigenvalue weighted by molar-refractivity contribution is 8.40. The Morgan fingerprint density at radius 1 is 0.667 bits per heavy atom. The highest BCUT2D eigenvalue weighted by Gasteiger charge is 2.21. The van der Waals surface area contributed by atoms with Gasteiger partial charge < -0.3 is 21.3 Å². The molecule has 0 aliphatic rings. The van der Waals surface area contributed by atoms with Gasteiger partial charge in [-0.1, -0.05) is 0 Å². The van der Waals surface area contributed by atoms with Gasteiger partial charge in [0.25, 0.3) is 0 Å². The molecule has 132 valence electrons. The maximum atomic E-state index is 6.45. The molecule has 0 unspecified atom stereocenters. The fraction of sp³-hybridized carbons (Fsp3) is 1.00. The summed E-state index contributed by atoms with van der Waals surface area (Å²) in [5.41, 5.74) is 0. The summed E-state index contributed by atoms with van der Waals surface area (Å²) in [6.07, 6.45) is 11.4. The second-order valence-electron chi connectivity index (χ2n) is 6.14. The van der Waals surface area contributed by atoms with Gasteiger partial charge in [0, 0.05) is 11.8 Å². The maximum absolute atomic E-state index is 6.45. The second kappa shape index (κ2) is 12.0. The van der Waals surface area contributed by atoms with Gasteiger partial charge in [-0.05, 0) is 78.1 Å². The van der Waals surface area contributed by atoms with Crippen LogP contribution in [0.3, 0.4) is 0 Å². The summed E-state index contributed by atoms with van der Waals surface area (Å²) in [5.74, 6) is 1.96. The molecule has 0 aliphatic carbocycles. The minimum atomic E-state index is -1.02. The number of hydrogen-bond donors (Lipinski definition) is 4. The van der Waals surface area contributed by atoms with Crippen LogP contribution in [0.5, 0.6) is 0 Å². The van der Waals surface area contributed by atoms with E-state index in [0.29, 0.717) is 0 Å². The average molecular weight is 343 g/mol. The van der Waals surface area contributed by atoms with Crippen molar-refractivity contribution in [3.05, 3.63) is 0 Å². The van der Waals surface area contributed by atoms with E-state index in [9.17, 15) is 0 Å². The molecule has 7 heteroatoms. The van der Waals surface area contributed by atoms with E-state index < -0.39 is 20.6 Å². The van der Waals surface area contributed by atoms with Crippen molar-refractivity contribution < 1.29 is 3.63 Å². The molecule has 0 aromatic carbocycles. The van der Waals surface area contributed by atoms with E-state index in [1.165, 1.54) is 0 Å². The first-order chi connectivity index (χ1) is 9.83. The van der Waals surface area contributed by atoms with Gasteiger partial charge in [0.05, 0.1) is 0 Å². The Labute approximate surface area is 135 Å². The quantitative estimate of drug-likeness (QED) is 0.358. The largest absolute Gasteiger partial charge is 0.320 e. The van der Waals surface area contributed by atoms with Crippen molar-refractivity contribution in [1.82, 2.24) is 21.3 Å². The van der Waals surface area contributed by atoms with E-state index >= 15 is 0 Å². The summed E-state index contributed by atoms with van der Waals surface area (Å²) in [6.45, 7) is 4.24. The molecule has 0 aromatic heterocycles. The highest BCUT2D eigenvalue weighted by atomic mass is 32.3. The number of hydrogen-bond acceptors (Lipinski definition) is 5. The van der Waals surface area contributed by atoms with E-state index in [1.54, 1.807) is 0 Å². The third-order valence-electron chi connectivity index (χ3n) is 2.83. The first kappa shape index (κ1) is 21.5. The fourth-order valence-electron chi connectivity index (χ4n) is 1.96. The molecule has 0 rings (SSSR count). The van der Waals surface area contributed by atoms with Gasteiger partial charge >= 0.3 is 0 Å². The van der Waals surface area contributed by atoms with Gasteiger partial charge in [0.15, 0.2) is 0 Å².